The SMILES string of the molecule is Cc1ccc(NC(=O)[C@@H]2Cc3ccccc3CN2)cc1O. The second-order valence-corrected chi connectivity index (χ2v) is 5.40. The Bertz CT molecular complexity index is 682. The molecule has 21 heavy (non-hydrogen) atoms. The van der Waals surface area contributed by atoms with Crippen LogP contribution >= 0.6 is 0 Å². The molecule has 1 amide bonds. The molecule has 0 bridgehead atoms. The standard InChI is InChI=1S/C17H18N2O2/c1-11-6-7-14(9-16(11)20)19-17(21)15-8-12-4-2-3-5-13(12)10-18-15/h2-7,9,15,18,20H,8,10H2,1H3,(H,19,21)/t15-/m0/s1. The minimum atomic E-state index is -0.247. The van der Waals surface area contributed by atoms with Crippen molar-refractivity contribution in [2.24, 2.45) is 0 Å². The van der Waals surface area contributed by atoms with Gasteiger partial charge in [0.1, 0.15) is 5.75 Å². The molecule has 0 fully saturated rings. The Balaban J connectivity index is 1.70. The zero-order valence-electron chi connectivity index (χ0n) is 11.9. The molecule has 1 aliphatic rings. The average Bonchev–Trinajstić information content (AvgIpc) is 2.50. The van der Waals surface area contributed by atoms with Gasteiger partial charge >= 0.3 is 0 Å². The fourth-order valence-electron chi connectivity index (χ4n) is 2.56. The first-order valence-corrected chi connectivity index (χ1v) is 7.04. The van der Waals surface area contributed by atoms with Crippen molar-refractivity contribution in [2.75, 3.05) is 5.32 Å². The fourth-order valence-corrected chi connectivity index (χ4v) is 2.56. The number of amides is 1. The van der Waals surface area contributed by atoms with Gasteiger partial charge in [0.2, 0.25) is 5.91 Å². The second kappa shape index (κ2) is 5.58. The van der Waals surface area contributed by atoms with Gasteiger partial charge in [0.15, 0.2) is 0 Å². The van der Waals surface area contributed by atoms with Crippen molar-refractivity contribution in [1.82, 2.24) is 5.32 Å². The summed E-state index contributed by atoms with van der Waals surface area (Å²) in [7, 11) is 0. The second-order valence-electron chi connectivity index (χ2n) is 5.40. The van der Waals surface area contributed by atoms with E-state index < -0.39 is 0 Å². The van der Waals surface area contributed by atoms with Gasteiger partial charge in [-0.2, -0.15) is 0 Å². The molecule has 0 aliphatic carbocycles. The first-order chi connectivity index (χ1) is 10.1. The van der Waals surface area contributed by atoms with E-state index in [4.69, 9.17) is 0 Å². The number of carbonyl (C=O) groups is 1. The van der Waals surface area contributed by atoms with Crippen molar-refractivity contribution < 1.29 is 9.90 Å². The number of phenolic OH excluding ortho intramolecular Hbond substituents is 1. The highest BCUT2D eigenvalue weighted by Gasteiger charge is 2.23. The van der Waals surface area contributed by atoms with Crippen LogP contribution in [0.5, 0.6) is 5.75 Å². The van der Waals surface area contributed by atoms with Crippen molar-refractivity contribution in [3.05, 3.63) is 59.2 Å². The van der Waals surface area contributed by atoms with Crippen LogP contribution in [0, 0.1) is 6.92 Å². The maximum Gasteiger partial charge on any atom is 0.241 e. The number of anilines is 1. The van der Waals surface area contributed by atoms with Crippen LogP contribution in [0.2, 0.25) is 0 Å². The number of phenols is 1. The number of aromatic hydroxyl groups is 1. The van der Waals surface area contributed by atoms with Crippen molar-refractivity contribution >= 4 is 11.6 Å². The van der Waals surface area contributed by atoms with Gasteiger partial charge in [0.25, 0.3) is 0 Å². The van der Waals surface area contributed by atoms with Crippen molar-refractivity contribution in [3.63, 3.8) is 0 Å². The van der Waals surface area contributed by atoms with Crippen LogP contribution in [0.1, 0.15) is 16.7 Å². The van der Waals surface area contributed by atoms with E-state index >= 15 is 0 Å². The number of fused-ring (bicyclic) bond motifs is 1. The topological polar surface area (TPSA) is 61.4 Å². The predicted molar refractivity (Wildman–Crippen MR) is 82.2 cm³/mol. The summed E-state index contributed by atoms with van der Waals surface area (Å²) in [6.45, 7) is 2.52. The molecule has 1 heterocycles. The third-order valence-corrected chi connectivity index (χ3v) is 3.87. The Labute approximate surface area is 123 Å². The molecule has 1 atom stereocenters. The number of rotatable bonds is 2. The van der Waals surface area contributed by atoms with Crippen LogP contribution in [0.25, 0.3) is 0 Å². The fraction of sp³-hybridized carbons (Fsp3) is 0.235. The van der Waals surface area contributed by atoms with E-state index in [9.17, 15) is 9.90 Å². The highest BCUT2D eigenvalue weighted by atomic mass is 16.3. The monoisotopic (exact) mass is 282 g/mol. The van der Waals surface area contributed by atoms with Gasteiger partial charge in [-0.05, 0) is 36.1 Å². The van der Waals surface area contributed by atoms with Crippen LogP contribution < -0.4 is 10.6 Å². The van der Waals surface area contributed by atoms with E-state index in [1.165, 1.54) is 11.1 Å². The molecule has 0 unspecified atom stereocenters. The third-order valence-electron chi connectivity index (χ3n) is 3.87. The normalized spacial score (nSPS) is 17.1. The Hall–Kier alpha value is -2.33. The van der Waals surface area contributed by atoms with E-state index in [-0.39, 0.29) is 17.7 Å². The molecular weight excluding hydrogens is 264 g/mol. The van der Waals surface area contributed by atoms with Gasteiger partial charge in [0.05, 0.1) is 6.04 Å². The molecule has 0 radical (unpaired) electrons. The van der Waals surface area contributed by atoms with Crippen molar-refractivity contribution in [1.29, 1.82) is 0 Å². The van der Waals surface area contributed by atoms with Crippen LogP contribution in [0.4, 0.5) is 5.69 Å². The van der Waals surface area contributed by atoms with E-state index in [0.717, 1.165) is 5.56 Å². The zero-order valence-corrected chi connectivity index (χ0v) is 11.9. The van der Waals surface area contributed by atoms with Gasteiger partial charge in [-0.1, -0.05) is 30.3 Å². The van der Waals surface area contributed by atoms with Crippen LogP contribution in [0.15, 0.2) is 42.5 Å². The lowest BCUT2D eigenvalue weighted by Crippen LogP contribution is -2.44. The molecular formula is C17H18N2O2. The Morgan fingerprint density at radius 1 is 1.24 bits per heavy atom. The summed E-state index contributed by atoms with van der Waals surface area (Å²) in [5.74, 6) is 0.113. The van der Waals surface area contributed by atoms with Crippen LogP contribution in [0.3, 0.4) is 0 Å². The lowest BCUT2D eigenvalue weighted by molar-refractivity contribution is -0.118. The molecule has 0 aromatic heterocycles. The highest BCUT2D eigenvalue weighted by molar-refractivity contribution is 5.95. The molecule has 2 aromatic rings. The maximum atomic E-state index is 12.3. The van der Waals surface area contributed by atoms with Gasteiger partial charge in [-0.25, -0.2) is 0 Å². The molecule has 4 heteroatoms. The molecule has 2 aromatic carbocycles. The molecule has 3 N–H and O–H groups in total. The summed E-state index contributed by atoms with van der Waals surface area (Å²) < 4.78 is 0. The number of carbonyl (C=O) groups excluding carboxylic acids is 1. The summed E-state index contributed by atoms with van der Waals surface area (Å²) in [5.41, 5.74) is 3.86. The highest BCUT2D eigenvalue weighted by Crippen LogP contribution is 2.22. The number of aryl methyl sites for hydroxylation is 1. The maximum absolute atomic E-state index is 12.3. The Kier molecular flexibility index (Phi) is 3.62. The number of nitrogens with one attached hydrogen (secondary N) is 2. The van der Waals surface area contributed by atoms with Gasteiger partial charge in [-0.15, -0.1) is 0 Å². The number of hydrogen-bond acceptors (Lipinski definition) is 3. The smallest absolute Gasteiger partial charge is 0.241 e. The van der Waals surface area contributed by atoms with Crippen molar-refractivity contribution in [2.45, 2.75) is 25.9 Å². The average molecular weight is 282 g/mol. The van der Waals surface area contributed by atoms with E-state index in [1.807, 2.05) is 19.1 Å². The van der Waals surface area contributed by atoms with E-state index in [1.54, 1.807) is 18.2 Å². The lowest BCUT2D eigenvalue weighted by Gasteiger charge is -2.25. The molecule has 108 valence electrons. The molecule has 0 saturated carbocycles. The molecule has 3 rings (SSSR count). The van der Waals surface area contributed by atoms with Gasteiger partial charge < -0.3 is 15.7 Å². The predicted octanol–water partition coefficient (Wildman–Crippen LogP) is 2.35. The summed E-state index contributed by atoms with van der Waals surface area (Å²) in [6, 6.07) is 13.1. The van der Waals surface area contributed by atoms with Gasteiger partial charge in [0, 0.05) is 18.3 Å². The van der Waals surface area contributed by atoms with Crippen molar-refractivity contribution in [3.8, 4) is 5.75 Å². The minimum Gasteiger partial charge on any atom is -0.508 e. The Morgan fingerprint density at radius 3 is 2.76 bits per heavy atom. The summed E-state index contributed by atoms with van der Waals surface area (Å²) in [6.07, 6.45) is 0.680. The zero-order chi connectivity index (χ0) is 14.8. The minimum absolute atomic E-state index is 0.0762. The molecule has 0 spiro atoms. The van der Waals surface area contributed by atoms with Crippen LogP contribution in [-0.4, -0.2) is 17.1 Å². The molecule has 0 saturated heterocycles. The quantitative estimate of drug-likeness (QED) is 0.792. The van der Waals surface area contributed by atoms with E-state index in [0.29, 0.717) is 18.7 Å². The molecule has 1 aliphatic heterocycles. The lowest BCUT2D eigenvalue weighted by atomic mass is 9.95. The number of benzene rings is 2. The van der Waals surface area contributed by atoms with Gasteiger partial charge in [-0.3, -0.25) is 4.79 Å². The first kappa shape index (κ1) is 13.6. The third kappa shape index (κ3) is 2.90. The largest absolute Gasteiger partial charge is 0.508 e. The molecule has 4 nitrogen and oxygen atoms in total. The summed E-state index contributed by atoms with van der Waals surface area (Å²) in [4.78, 5) is 12.3. The first-order valence-electron chi connectivity index (χ1n) is 7.04. The summed E-state index contributed by atoms with van der Waals surface area (Å²) in [5, 5.41) is 15.8. The Morgan fingerprint density at radius 2 is 2.00 bits per heavy atom. The van der Waals surface area contributed by atoms with E-state index in [2.05, 4.69) is 22.8 Å². The number of hydrogen-bond donors (Lipinski definition) is 3. The summed E-state index contributed by atoms with van der Waals surface area (Å²) >= 11 is 0. The van der Waals surface area contributed by atoms with Crippen LogP contribution in [-0.2, 0) is 17.8 Å².